The molecule has 1 saturated heterocycles. The fourth-order valence-electron chi connectivity index (χ4n) is 4.78. The van der Waals surface area contributed by atoms with Gasteiger partial charge < -0.3 is 20.7 Å². The van der Waals surface area contributed by atoms with Gasteiger partial charge in [-0.25, -0.2) is 13.2 Å². The highest BCUT2D eigenvalue weighted by Gasteiger charge is 2.69. The summed E-state index contributed by atoms with van der Waals surface area (Å²) in [6, 6.07) is 3.11. The third-order valence-corrected chi connectivity index (χ3v) is 6.52. The number of alkyl halides is 2. The summed E-state index contributed by atoms with van der Waals surface area (Å²) < 4.78 is 44.1. The van der Waals surface area contributed by atoms with Crippen LogP contribution in [0.25, 0.3) is 0 Å². The lowest BCUT2D eigenvalue weighted by atomic mass is 9.44. The smallest absolute Gasteiger partial charge is 0.258 e. The monoisotopic (exact) mass is 445 g/mol. The van der Waals surface area contributed by atoms with Crippen molar-refractivity contribution in [1.82, 2.24) is 16.0 Å². The molecule has 2 unspecified atom stereocenters. The van der Waals surface area contributed by atoms with Crippen LogP contribution in [0, 0.1) is 11.7 Å². The van der Waals surface area contributed by atoms with Gasteiger partial charge in [-0.05, 0) is 44.2 Å². The van der Waals surface area contributed by atoms with Gasteiger partial charge in [0, 0.05) is 23.7 Å². The minimum atomic E-state index is -2.42. The molecule has 4 aliphatic rings. The fourth-order valence-corrected chi connectivity index (χ4v) is 4.90. The maximum atomic E-state index is 13.4. The van der Waals surface area contributed by atoms with Crippen molar-refractivity contribution in [1.29, 1.82) is 0 Å². The van der Waals surface area contributed by atoms with Gasteiger partial charge in [0.15, 0.2) is 6.61 Å². The van der Waals surface area contributed by atoms with Gasteiger partial charge >= 0.3 is 0 Å². The highest BCUT2D eigenvalue weighted by Crippen LogP contribution is 2.60. The van der Waals surface area contributed by atoms with Gasteiger partial charge in [-0.3, -0.25) is 9.59 Å². The SMILES string of the molecule is O=C(COc1ccc(Cl)c(F)c1)NC12CC(NC(=O)C3CCC(C(F)F)NC3)(C1)C2. The molecule has 1 aromatic rings. The van der Waals surface area contributed by atoms with E-state index in [9.17, 15) is 22.8 Å². The Bertz CT molecular complexity index is 826. The first-order valence-corrected chi connectivity index (χ1v) is 10.3. The number of benzene rings is 1. The molecule has 3 saturated carbocycles. The molecule has 2 amide bonds. The van der Waals surface area contributed by atoms with E-state index >= 15 is 0 Å². The normalized spacial score (nSPS) is 32.0. The summed E-state index contributed by atoms with van der Waals surface area (Å²) in [5.74, 6) is -1.16. The quantitative estimate of drug-likeness (QED) is 0.602. The molecule has 3 N–H and O–H groups in total. The molecular formula is C20H23ClF3N3O3. The third kappa shape index (κ3) is 4.23. The minimum Gasteiger partial charge on any atom is -0.484 e. The average molecular weight is 446 g/mol. The van der Waals surface area contributed by atoms with Crippen LogP contribution in [0.4, 0.5) is 13.2 Å². The van der Waals surface area contributed by atoms with Crippen LogP contribution in [-0.4, -0.2) is 48.5 Å². The van der Waals surface area contributed by atoms with Crippen LogP contribution in [0.5, 0.6) is 5.75 Å². The zero-order chi connectivity index (χ0) is 21.5. The first kappa shape index (κ1) is 21.2. The maximum Gasteiger partial charge on any atom is 0.258 e. The first-order chi connectivity index (χ1) is 14.2. The zero-order valence-electron chi connectivity index (χ0n) is 16.2. The highest BCUT2D eigenvalue weighted by molar-refractivity contribution is 6.30. The molecule has 164 valence electrons. The summed E-state index contributed by atoms with van der Waals surface area (Å²) in [5, 5.41) is 8.67. The van der Waals surface area contributed by atoms with Gasteiger partial charge in [-0.15, -0.1) is 0 Å². The Morgan fingerprint density at radius 3 is 2.50 bits per heavy atom. The highest BCUT2D eigenvalue weighted by atomic mass is 35.5. The van der Waals surface area contributed by atoms with Crippen LogP contribution < -0.4 is 20.7 Å². The largest absolute Gasteiger partial charge is 0.484 e. The summed E-state index contributed by atoms with van der Waals surface area (Å²) in [7, 11) is 0. The third-order valence-electron chi connectivity index (χ3n) is 6.21. The topological polar surface area (TPSA) is 79.5 Å². The predicted molar refractivity (Wildman–Crippen MR) is 103 cm³/mol. The number of hydrogen-bond donors (Lipinski definition) is 3. The second-order valence-electron chi connectivity index (χ2n) is 8.62. The predicted octanol–water partition coefficient (Wildman–Crippen LogP) is 2.40. The van der Waals surface area contributed by atoms with E-state index in [1.54, 1.807) is 0 Å². The molecule has 1 aromatic carbocycles. The number of hydrogen-bond acceptors (Lipinski definition) is 4. The van der Waals surface area contributed by atoms with Crippen molar-refractivity contribution >= 4 is 23.4 Å². The number of piperidine rings is 1. The van der Waals surface area contributed by atoms with Crippen molar-refractivity contribution < 1.29 is 27.5 Å². The van der Waals surface area contributed by atoms with Crippen molar-refractivity contribution in [2.24, 2.45) is 5.92 Å². The van der Waals surface area contributed by atoms with Crippen molar-refractivity contribution in [3.63, 3.8) is 0 Å². The number of ether oxygens (including phenoxy) is 1. The molecule has 10 heteroatoms. The Labute approximate surface area is 176 Å². The van der Waals surface area contributed by atoms with Crippen LogP contribution in [-0.2, 0) is 9.59 Å². The van der Waals surface area contributed by atoms with Gasteiger partial charge in [0.05, 0.1) is 17.0 Å². The molecule has 4 fully saturated rings. The van der Waals surface area contributed by atoms with Gasteiger partial charge in [0.1, 0.15) is 11.6 Å². The molecule has 0 aromatic heterocycles. The maximum absolute atomic E-state index is 13.4. The molecule has 5 rings (SSSR count). The average Bonchev–Trinajstić information content (AvgIpc) is 2.66. The number of carbonyl (C=O) groups excluding carboxylic acids is 2. The van der Waals surface area contributed by atoms with Gasteiger partial charge in [0.25, 0.3) is 12.3 Å². The molecule has 0 radical (unpaired) electrons. The van der Waals surface area contributed by atoms with Gasteiger partial charge in [-0.1, -0.05) is 11.6 Å². The zero-order valence-corrected chi connectivity index (χ0v) is 16.9. The fraction of sp³-hybridized carbons (Fsp3) is 0.600. The summed E-state index contributed by atoms with van der Waals surface area (Å²) in [5.41, 5.74) is -0.658. The van der Waals surface area contributed by atoms with Gasteiger partial charge in [-0.2, -0.15) is 0 Å². The van der Waals surface area contributed by atoms with Crippen LogP contribution in [0.15, 0.2) is 18.2 Å². The molecule has 30 heavy (non-hydrogen) atoms. The van der Waals surface area contributed by atoms with Gasteiger partial charge in [0.2, 0.25) is 5.91 Å². The minimum absolute atomic E-state index is 0.0224. The summed E-state index contributed by atoms with van der Waals surface area (Å²) in [4.78, 5) is 24.6. The molecular weight excluding hydrogens is 423 g/mol. The van der Waals surface area contributed by atoms with Crippen molar-refractivity contribution in [3.05, 3.63) is 29.0 Å². The van der Waals surface area contributed by atoms with E-state index in [2.05, 4.69) is 16.0 Å². The summed E-state index contributed by atoms with van der Waals surface area (Å²) in [6.07, 6.45) is 0.194. The Morgan fingerprint density at radius 1 is 1.20 bits per heavy atom. The van der Waals surface area contributed by atoms with E-state index in [-0.39, 0.29) is 59.2 Å². The second kappa shape index (κ2) is 7.92. The number of nitrogens with one attached hydrogen (secondary N) is 3. The van der Waals surface area contributed by atoms with Crippen molar-refractivity contribution in [3.8, 4) is 5.75 Å². The molecule has 1 heterocycles. The molecule has 2 bridgehead atoms. The number of carbonyl (C=O) groups is 2. The molecule has 0 spiro atoms. The summed E-state index contributed by atoms with van der Waals surface area (Å²) in [6.45, 7) is 0.00264. The van der Waals surface area contributed by atoms with E-state index in [1.807, 2.05) is 0 Å². The molecule has 6 nitrogen and oxygen atoms in total. The Morgan fingerprint density at radius 2 is 1.90 bits per heavy atom. The van der Waals surface area contributed by atoms with E-state index < -0.39 is 18.3 Å². The first-order valence-electron chi connectivity index (χ1n) is 9.92. The van der Waals surface area contributed by atoms with Crippen LogP contribution in [0.3, 0.4) is 0 Å². The number of amides is 2. The van der Waals surface area contributed by atoms with Crippen LogP contribution in [0.1, 0.15) is 32.1 Å². The van der Waals surface area contributed by atoms with Crippen LogP contribution >= 0.6 is 11.6 Å². The Kier molecular flexibility index (Phi) is 5.61. The Hall–Kier alpha value is -2.00. The lowest BCUT2D eigenvalue weighted by Gasteiger charge is -2.70. The van der Waals surface area contributed by atoms with E-state index in [4.69, 9.17) is 16.3 Å². The number of halogens is 4. The lowest BCUT2D eigenvalue weighted by molar-refractivity contribution is -0.152. The lowest BCUT2D eigenvalue weighted by Crippen LogP contribution is -2.84. The van der Waals surface area contributed by atoms with Crippen molar-refractivity contribution in [2.75, 3.05) is 13.2 Å². The second-order valence-corrected chi connectivity index (χ2v) is 9.02. The van der Waals surface area contributed by atoms with Crippen molar-refractivity contribution in [2.45, 2.75) is 55.6 Å². The number of rotatable bonds is 7. The van der Waals surface area contributed by atoms with E-state index in [0.717, 1.165) is 6.07 Å². The molecule has 1 aliphatic heterocycles. The van der Waals surface area contributed by atoms with E-state index in [1.165, 1.54) is 12.1 Å². The molecule has 2 atom stereocenters. The standard InChI is InChI=1S/C20H23ClF3N3O3/c21-13-3-2-12(5-14(13)22)30-7-16(28)26-19-8-20(9-19,10-19)27-18(29)11-1-4-15(17(23)24)25-6-11/h2-3,5,11,15,17,25H,1,4,6-10H2,(H,26,28)(H,27,29). The van der Waals surface area contributed by atoms with E-state index in [0.29, 0.717) is 25.7 Å². The Balaban J connectivity index is 1.18. The van der Waals surface area contributed by atoms with Crippen LogP contribution in [0.2, 0.25) is 5.02 Å². The molecule has 3 aliphatic carbocycles. The summed E-state index contributed by atoms with van der Waals surface area (Å²) >= 11 is 5.61.